The number of aromatic nitrogens is 5. The first-order valence-corrected chi connectivity index (χ1v) is 17.5. The van der Waals surface area contributed by atoms with Gasteiger partial charge in [0.25, 0.3) is 0 Å². The Morgan fingerprint density at radius 1 is 1.06 bits per heavy atom. The number of hydrogen-bond donors (Lipinski definition) is 1. The van der Waals surface area contributed by atoms with Gasteiger partial charge in [-0.1, -0.05) is 18.1 Å². The summed E-state index contributed by atoms with van der Waals surface area (Å²) in [5.74, 6) is 1.39. The number of benzene rings is 3. The van der Waals surface area contributed by atoms with Gasteiger partial charge < -0.3 is 19.6 Å². The van der Waals surface area contributed by atoms with Crippen LogP contribution in [-0.2, 0) is 0 Å². The van der Waals surface area contributed by atoms with Crippen molar-refractivity contribution >= 4 is 33.5 Å². The number of fused-ring (bicyclic) bond motifs is 3. The Morgan fingerprint density at radius 3 is 2.71 bits per heavy atom. The smallest absolute Gasteiger partial charge is 0.346 e. The molecule has 0 radical (unpaired) electrons. The number of nitrogens with zero attached hydrogens (tertiary/aromatic N) is 8. The number of ether oxygens (including phenoxy) is 1. The Morgan fingerprint density at radius 2 is 1.90 bits per heavy atom. The van der Waals surface area contributed by atoms with E-state index in [0.717, 1.165) is 32.2 Å². The van der Waals surface area contributed by atoms with Gasteiger partial charge in [0.2, 0.25) is 0 Å². The van der Waals surface area contributed by atoms with E-state index in [-0.39, 0.29) is 52.0 Å². The van der Waals surface area contributed by atoms with Crippen molar-refractivity contribution in [1.82, 2.24) is 34.5 Å². The number of alkyl halides is 1. The summed E-state index contributed by atoms with van der Waals surface area (Å²) in [5, 5.41) is 15.8. The largest absolute Gasteiger partial charge is 0.508 e. The first-order chi connectivity index (χ1) is 25.2. The Hall–Kier alpha value is -5.42. The van der Waals surface area contributed by atoms with Gasteiger partial charge in [-0.05, 0) is 67.4 Å². The molecular formula is C38H35F3N8O3. The van der Waals surface area contributed by atoms with Crippen molar-refractivity contribution in [1.29, 1.82) is 0 Å². The number of carbonyl (C=O) groups is 1. The fraction of sp³-hybridized carbons (Fsp3) is 0.395. The number of halogens is 3. The fourth-order valence-electron chi connectivity index (χ4n) is 9.06. The van der Waals surface area contributed by atoms with Crippen LogP contribution in [0.3, 0.4) is 0 Å². The van der Waals surface area contributed by atoms with E-state index in [0.29, 0.717) is 61.1 Å². The summed E-state index contributed by atoms with van der Waals surface area (Å²) in [5.41, 5.74) is -0.453. The highest BCUT2D eigenvalue weighted by Crippen LogP contribution is 2.45. The topological polar surface area (TPSA) is 113 Å². The number of phenols is 1. The van der Waals surface area contributed by atoms with Crippen LogP contribution in [0, 0.1) is 29.4 Å². The van der Waals surface area contributed by atoms with Crippen molar-refractivity contribution in [2.75, 3.05) is 50.8 Å². The molecule has 6 heterocycles. The molecule has 2 atom stereocenters. The Balaban J connectivity index is 1.12. The third-order valence-corrected chi connectivity index (χ3v) is 11.4. The summed E-state index contributed by atoms with van der Waals surface area (Å²) in [6.07, 6.45) is 11.3. The molecule has 11 nitrogen and oxygen atoms in total. The molecule has 266 valence electrons. The molecule has 9 rings (SSSR count). The summed E-state index contributed by atoms with van der Waals surface area (Å²) in [6.45, 7) is 3.54. The van der Waals surface area contributed by atoms with Gasteiger partial charge in [-0.15, -0.1) is 6.42 Å². The highest BCUT2D eigenvalue weighted by Gasteiger charge is 2.50. The second kappa shape index (κ2) is 12.1. The van der Waals surface area contributed by atoms with E-state index < -0.39 is 23.3 Å². The Labute approximate surface area is 297 Å². The number of aromatic hydroxyl groups is 1. The van der Waals surface area contributed by atoms with E-state index in [1.54, 1.807) is 17.0 Å². The summed E-state index contributed by atoms with van der Waals surface area (Å²) >= 11 is 0. The molecule has 4 aliphatic heterocycles. The molecule has 5 aromatic rings. The highest BCUT2D eigenvalue weighted by atomic mass is 19.1. The van der Waals surface area contributed by atoms with E-state index in [4.69, 9.17) is 16.1 Å². The number of likely N-dealkylation sites (tertiary alicyclic amines) is 1. The van der Waals surface area contributed by atoms with Crippen molar-refractivity contribution in [2.24, 2.45) is 5.41 Å². The van der Waals surface area contributed by atoms with Crippen LogP contribution in [0.25, 0.3) is 32.8 Å². The molecule has 4 aliphatic rings. The fourth-order valence-corrected chi connectivity index (χ4v) is 9.06. The Kier molecular flexibility index (Phi) is 7.55. The van der Waals surface area contributed by atoms with Gasteiger partial charge in [0, 0.05) is 60.9 Å². The SMILES string of the molecule is C#Cc1c(F)ccc2cc(O)cc(-c3ccc4c(N5CCCC6(CN(C(=O)n7cncn7)C6)C5)nc(OC[C@@]56CCCN5C[C@H](F)C6)nc4c3F)c12. The third-order valence-electron chi connectivity index (χ3n) is 11.4. The zero-order chi connectivity index (χ0) is 35.8. The molecule has 0 bridgehead atoms. The normalized spacial score (nSPS) is 22.5. The maximum atomic E-state index is 17.1. The van der Waals surface area contributed by atoms with Crippen molar-refractivity contribution < 1.29 is 27.8 Å². The zero-order valence-corrected chi connectivity index (χ0v) is 28.2. The van der Waals surface area contributed by atoms with Gasteiger partial charge in [-0.2, -0.15) is 19.7 Å². The van der Waals surface area contributed by atoms with Gasteiger partial charge in [0.05, 0.1) is 11.1 Å². The van der Waals surface area contributed by atoms with Crippen molar-refractivity contribution in [3.63, 3.8) is 0 Å². The lowest BCUT2D eigenvalue weighted by Gasteiger charge is -2.54. The molecule has 0 saturated carbocycles. The number of carbonyl (C=O) groups excluding carboxylic acids is 1. The Bertz CT molecular complexity index is 2290. The maximum absolute atomic E-state index is 17.1. The molecule has 52 heavy (non-hydrogen) atoms. The lowest BCUT2D eigenvalue weighted by Crippen LogP contribution is -2.65. The van der Waals surface area contributed by atoms with Gasteiger partial charge in [-0.3, -0.25) is 4.90 Å². The minimum atomic E-state index is -0.949. The summed E-state index contributed by atoms with van der Waals surface area (Å²) in [4.78, 5) is 32.3. The molecule has 4 saturated heterocycles. The predicted molar refractivity (Wildman–Crippen MR) is 187 cm³/mol. The molecule has 1 spiro atoms. The van der Waals surface area contributed by atoms with Crippen LogP contribution in [0.1, 0.15) is 37.7 Å². The first-order valence-electron chi connectivity index (χ1n) is 17.5. The van der Waals surface area contributed by atoms with Crippen LogP contribution in [0.2, 0.25) is 0 Å². The predicted octanol–water partition coefficient (Wildman–Crippen LogP) is 5.53. The number of anilines is 1. The van der Waals surface area contributed by atoms with Crippen LogP contribution in [0.15, 0.2) is 49.1 Å². The quantitative estimate of drug-likeness (QED) is 0.236. The molecule has 1 amide bonds. The standard InChI is InChI=1S/C38H35F3N8O3/c1-2-26-30(40)8-5-23-13-25(50)14-29(31(23)26)27-6-7-28-33(32(27)41)44-35(52-20-38-10-4-12-48(38)16-24(39)15-38)45-34(28)46-11-3-9-37(17-46)18-47(19-37)36(51)49-22-42-21-43-49/h1,5-8,13-14,21-22,24,50H,3-4,9-12,15-20H2/t24-,38+/m1/s1. The van der Waals surface area contributed by atoms with E-state index in [1.807, 2.05) is 0 Å². The molecular weight excluding hydrogens is 673 g/mol. The number of amides is 1. The average Bonchev–Trinajstić information content (AvgIpc) is 3.86. The number of phenolic OH excluding ortho intramolecular Hbond substituents is 1. The highest BCUT2D eigenvalue weighted by molar-refractivity contribution is 6.04. The van der Waals surface area contributed by atoms with Crippen LogP contribution in [-0.4, -0.2) is 103 Å². The molecule has 14 heteroatoms. The van der Waals surface area contributed by atoms with Crippen molar-refractivity contribution in [2.45, 2.75) is 43.8 Å². The summed E-state index contributed by atoms with van der Waals surface area (Å²) in [7, 11) is 0. The second-order valence-corrected chi connectivity index (χ2v) is 14.7. The van der Waals surface area contributed by atoms with Crippen LogP contribution in [0.4, 0.5) is 23.8 Å². The van der Waals surface area contributed by atoms with Crippen LogP contribution < -0.4 is 9.64 Å². The average molecular weight is 709 g/mol. The number of piperidine rings is 1. The van der Waals surface area contributed by atoms with E-state index >= 15 is 4.39 Å². The number of hydrogen-bond acceptors (Lipinski definition) is 9. The van der Waals surface area contributed by atoms with E-state index in [1.165, 1.54) is 41.6 Å². The van der Waals surface area contributed by atoms with Crippen molar-refractivity contribution in [3.05, 3.63) is 66.3 Å². The van der Waals surface area contributed by atoms with Gasteiger partial charge in [0.1, 0.15) is 48.3 Å². The van der Waals surface area contributed by atoms with E-state index in [2.05, 4.69) is 30.8 Å². The first kappa shape index (κ1) is 32.5. The minimum absolute atomic E-state index is 0.0144. The lowest BCUT2D eigenvalue weighted by molar-refractivity contribution is 0.0189. The van der Waals surface area contributed by atoms with Crippen LogP contribution in [0.5, 0.6) is 11.8 Å². The third kappa shape index (κ3) is 5.20. The summed E-state index contributed by atoms with van der Waals surface area (Å²) < 4.78 is 54.2. The monoisotopic (exact) mass is 708 g/mol. The number of terminal acetylenes is 1. The van der Waals surface area contributed by atoms with E-state index in [9.17, 15) is 18.7 Å². The molecule has 3 aromatic carbocycles. The van der Waals surface area contributed by atoms with Crippen LogP contribution >= 0.6 is 0 Å². The van der Waals surface area contributed by atoms with Gasteiger partial charge in [-0.25, -0.2) is 22.9 Å². The summed E-state index contributed by atoms with van der Waals surface area (Å²) in [6, 6.07) is 8.55. The molecule has 0 aliphatic carbocycles. The van der Waals surface area contributed by atoms with Gasteiger partial charge in [0.15, 0.2) is 5.82 Å². The van der Waals surface area contributed by atoms with Gasteiger partial charge >= 0.3 is 12.0 Å². The maximum Gasteiger partial charge on any atom is 0.346 e. The second-order valence-electron chi connectivity index (χ2n) is 14.7. The lowest BCUT2D eigenvalue weighted by atomic mass is 9.73. The molecule has 4 fully saturated rings. The van der Waals surface area contributed by atoms with Crippen molar-refractivity contribution in [3.8, 4) is 35.2 Å². The zero-order valence-electron chi connectivity index (χ0n) is 28.2. The molecule has 1 N–H and O–H groups in total. The number of rotatable bonds is 5. The molecule has 2 aromatic heterocycles. The molecule has 0 unspecified atom stereocenters. The minimum Gasteiger partial charge on any atom is -0.508 e.